The van der Waals surface area contributed by atoms with Gasteiger partial charge in [-0.05, 0) is 65.4 Å². The molecule has 0 aromatic heterocycles. The van der Waals surface area contributed by atoms with Crippen LogP contribution in [0.4, 0.5) is 10.1 Å². The zero-order chi connectivity index (χ0) is 19.4. The molecular weight excluding hydrogens is 460 g/mol. The second-order valence-corrected chi connectivity index (χ2v) is 7.64. The second kappa shape index (κ2) is 8.79. The van der Waals surface area contributed by atoms with Gasteiger partial charge >= 0.3 is 0 Å². The smallest absolute Gasteiger partial charge is 0.255 e. The fraction of sp³-hybridized carbons (Fsp3) is 0.300. The van der Waals surface area contributed by atoms with Crippen molar-refractivity contribution in [3.05, 3.63) is 63.0 Å². The van der Waals surface area contributed by atoms with E-state index in [0.29, 0.717) is 31.9 Å². The molecular formula is C20H21FIN3O2. The maximum absolute atomic E-state index is 12.9. The van der Waals surface area contributed by atoms with Crippen molar-refractivity contribution in [2.75, 3.05) is 38.0 Å². The first-order valence-electron chi connectivity index (χ1n) is 8.76. The molecule has 0 aliphatic carbocycles. The molecule has 7 heteroatoms. The number of piperazine rings is 1. The Labute approximate surface area is 171 Å². The maximum Gasteiger partial charge on any atom is 0.255 e. The number of carbonyl (C=O) groups excluding carboxylic acids is 2. The number of halogens is 2. The van der Waals surface area contributed by atoms with Crippen molar-refractivity contribution in [2.24, 2.45) is 0 Å². The predicted molar refractivity (Wildman–Crippen MR) is 111 cm³/mol. The van der Waals surface area contributed by atoms with Crippen molar-refractivity contribution in [1.29, 1.82) is 0 Å². The number of rotatable bonds is 4. The first-order valence-corrected chi connectivity index (χ1v) is 9.84. The molecule has 0 atom stereocenters. The number of amides is 2. The van der Waals surface area contributed by atoms with Gasteiger partial charge in [-0.15, -0.1) is 0 Å². The van der Waals surface area contributed by atoms with Gasteiger partial charge in [0.15, 0.2) is 0 Å². The summed E-state index contributed by atoms with van der Waals surface area (Å²) in [6, 6.07) is 11.5. The van der Waals surface area contributed by atoms with Gasteiger partial charge in [-0.3, -0.25) is 14.5 Å². The molecule has 0 radical (unpaired) electrons. The fourth-order valence-corrected chi connectivity index (χ4v) is 3.62. The van der Waals surface area contributed by atoms with Crippen molar-refractivity contribution in [2.45, 2.75) is 6.92 Å². The first-order chi connectivity index (χ1) is 12.9. The lowest BCUT2D eigenvalue weighted by Gasteiger charge is -2.34. The van der Waals surface area contributed by atoms with E-state index in [1.807, 2.05) is 34.9 Å². The van der Waals surface area contributed by atoms with Crippen LogP contribution >= 0.6 is 22.6 Å². The third-order valence-electron chi connectivity index (χ3n) is 4.58. The molecule has 2 aromatic carbocycles. The summed E-state index contributed by atoms with van der Waals surface area (Å²) in [6.45, 7) is 4.72. The van der Waals surface area contributed by atoms with Crippen molar-refractivity contribution < 1.29 is 14.0 Å². The Kier molecular flexibility index (Phi) is 6.43. The summed E-state index contributed by atoms with van der Waals surface area (Å²) < 4.78 is 13.9. The Morgan fingerprint density at radius 3 is 2.41 bits per heavy atom. The van der Waals surface area contributed by atoms with Crippen LogP contribution in [-0.2, 0) is 4.79 Å². The van der Waals surface area contributed by atoms with Gasteiger partial charge in [0.2, 0.25) is 5.91 Å². The molecule has 1 saturated heterocycles. The van der Waals surface area contributed by atoms with Gasteiger partial charge < -0.3 is 10.2 Å². The highest BCUT2D eigenvalue weighted by Crippen LogP contribution is 2.19. The molecule has 1 aliphatic heterocycles. The minimum Gasteiger partial charge on any atom is -0.336 e. The number of aryl methyl sites for hydroxylation is 1. The molecule has 1 aliphatic rings. The highest BCUT2D eigenvalue weighted by atomic mass is 127. The molecule has 27 heavy (non-hydrogen) atoms. The summed E-state index contributed by atoms with van der Waals surface area (Å²) in [5.41, 5.74) is 2.40. The van der Waals surface area contributed by atoms with Crippen LogP contribution in [0.2, 0.25) is 0 Å². The zero-order valence-corrected chi connectivity index (χ0v) is 17.2. The summed E-state index contributed by atoms with van der Waals surface area (Å²) in [6.07, 6.45) is 0. The highest BCUT2D eigenvalue weighted by Gasteiger charge is 2.24. The monoisotopic (exact) mass is 481 g/mol. The maximum atomic E-state index is 12.9. The van der Waals surface area contributed by atoms with Crippen LogP contribution in [0, 0.1) is 16.3 Å². The van der Waals surface area contributed by atoms with Gasteiger partial charge in [-0.2, -0.15) is 0 Å². The topological polar surface area (TPSA) is 52.7 Å². The molecule has 0 saturated carbocycles. The Balaban J connectivity index is 1.51. The summed E-state index contributed by atoms with van der Waals surface area (Å²) in [4.78, 5) is 28.8. The number of anilines is 1. The number of nitrogens with one attached hydrogen (secondary N) is 1. The predicted octanol–water partition coefficient (Wildman–Crippen LogP) is 3.14. The first kappa shape index (κ1) is 19.8. The summed E-state index contributed by atoms with van der Waals surface area (Å²) in [5, 5.41) is 2.76. The SMILES string of the molecule is Cc1cccc(C(=O)N2CCN(CC(=O)Nc3ccc(F)cc3)CC2)c1I. The summed E-state index contributed by atoms with van der Waals surface area (Å²) in [5.74, 6) is -0.440. The van der Waals surface area contributed by atoms with E-state index in [1.165, 1.54) is 24.3 Å². The third-order valence-corrected chi connectivity index (χ3v) is 6.01. The van der Waals surface area contributed by atoms with Crippen molar-refractivity contribution in [3.8, 4) is 0 Å². The number of carbonyl (C=O) groups is 2. The standard InChI is InChI=1S/C20H21FIN3O2/c1-14-3-2-4-17(19(14)22)20(27)25-11-9-24(10-12-25)13-18(26)23-16-7-5-15(21)6-8-16/h2-8H,9-13H2,1H3,(H,23,26). The average Bonchev–Trinajstić information content (AvgIpc) is 2.66. The van der Waals surface area contributed by atoms with E-state index in [1.54, 1.807) is 0 Å². The Bertz CT molecular complexity index is 834. The lowest BCUT2D eigenvalue weighted by atomic mass is 10.1. The molecule has 0 unspecified atom stereocenters. The molecule has 1 N–H and O–H groups in total. The Hall–Kier alpha value is -2.00. The van der Waals surface area contributed by atoms with Crippen LogP contribution in [0.3, 0.4) is 0 Å². The van der Waals surface area contributed by atoms with Crippen LogP contribution < -0.4 is 5.32 Å². The van der Waals surface area contributed by atoms with E-state index >= 15 is 0 Å². The van der Waals surface area contributed by atoms with E-state index in [4.69, 9.17) is 0 Å². The molecule has 3 rings (SSSR count). The molecule has 2 aromatic rings. The van der Waals surface area contributed by atoms with Crippen LogP contribution in [-0.4, -0.2) is 54.3 Å². The molecule has 1 fully saturated rings. The van der Waals surface area contributed by atoms with Gasteiger partial charge in [-0.25, -0.2) is 4.39 Å². The van der Waals surface area contributed by atoms with E-state index < -0.39 is 0 Å². The van der Waals surface area contributed by atoms with Gasteiger partial charge in [0, 0.05) is 35.4 Å². The van der Waals surface area contributed by atoms with E-state index in [9.17, 15) is 14.0 Å². The average molecular weight is 481 g/mol. The van der Waals surface area contributed by atoms with Crippen molar-refractivity contribution >= 4 is 40.1 Å². The third kappa shape index (κ3) is 5.04. The summed E-state index contributed by atoms with van der Waals surface area (Å²) >= 11 is 2.21. The molecule has 0 bridgehead atoms. The Morgan fingerprint density at radius 1 is 1.07 bits per heavy atom. The molecule has 142 valence electrons. The highest BCUT2D eigenvalue weighted by molar-refractivity contribution is 14.1. The quantitative estimate of drug-likeness (QED) is 0.684. The van der Waals surface area contributed by atoms with Gasteiger partial charge in [0.05, 0.1) is 12.1 Å². The van der Waals surface area contributed by atoms with E-state index in [0.717, 1.165) is 14.7 Å². The number of hydrogen-bond donors (Lipinski definition) is 1. The zero-order valence-electron chi connectivity index (χ0n) is 15.0. The van der Waals surface area contributed by atoms with Gasteiger partial charge in [-0.1, -0.05) is 12.1 Å². The number of nitrogens with zero attached hydrogens (tertiary/aromatic N) is 2. The lowest BCUT2D eigenvalue weighted by molar-refractivity contribution is -0.117. The number of benzene rings is 2. The van der Waals surface area contributed by atoms with Crippen LogP contribution in [0.25, 0.3) is 0 Å². The second-order valence-electron chi connectivity index (χ2n) is 6.56. The van der Waals surface area contributed by atoms with Gasteiger partial charge in [0.25, 0.3) is 5.91 Å². The van der Waals surface area contributed by atoms with Crippen LogP contribution in [0.1, 0.15) is 15.9 Å². The van der Waals surface area contributed by atoms with Crippen LogP contribution in [0.15, 0.2) is 42.5 Å². The Morgan fingerprint density at radius 2 is 1.74 bits per heavy atom. The molecule has 1 heterocycles. The molecule has 5 nitrogen and oxygen atoms in total. The lowest BCUT2D eigenvalue weighted by Crippen LogP contribution is -2.50. The molecule has 0 spiro atoms. The van der Waals surface area contributed by atoms with Crippen molar-refractivity contribution in [3.63, 3.8) is 0 Å². The van der Waals surface area contributed by atoms with E-state index in [-0.39, 0.29) is 24.2 Å². The fourth-order valence-electron chi connectivity index (χ4n) is 3.03. The van der Waals surface area contributed by atoms with Crippen LogP contribution in [0.5, 0.6) is 0 Å². The van der Waals surface area contributed by atoms with E-state index in [2.05, 4.69) is 27.9 Å². The van der Waals surface area contributed by atoms with Crippen molar-refractivity contribution in [1.82, 2.24) is 9.80 Å². The normalized spacial score (nSPS) is 14.9. The van der Waals surface area contributed by atoms with Gasteiger partial charge in [0.1, 0.15) is 5.82 Å². The summed E-state index contributed by atoms with van der Waals surface area (Å²) in [7, 11) is 0. The largest absolute Gasteiger partial charge is 0.336 e. The minimum absolute atomic E-state index is 0.0403. The minimum atomic E-state index is -0.336. The number of hydrogen-bond acceptors (Lipinski definition) is 3. The molecule has 2 amide bonds.